The fraction of sp³-hybridized carbons (Fsp3) is 0. The van der Waals surface area contributed by atoms with Gasteiger partial charge in [0.1, 0.15) is 5.75 Å². The second-order valence-electron chi connectivity index (χ2n) is 2.70. The maximum atomic E-state index is 9.04. The molecule has 0 saturated carbocycles. The number of hydrazone groups is 1. The van der Waals surface area contributed by atoms with Crippen LogP contribution in [0.5, 0.6) is 5.75 Å². The maximum Gasteiger partial charge on any atom is 0.283 e. The molecule has 2 aromatic rings. The van der Waals surface area contributed by atoms with Gasteiger partial charge >= 0.3 is 0 Å². The van der Waals surface area contributed by atoms with E-state index in [0.717, 1.165) is 5.56 Å². The summed E-state index contributed by atoms with van der Waals surface area (Å²) in [6.07, 6.45) is 1.58. The molecule has 76 valence electrons. The van der Waals surface area contributed by atoms with Gasteiger partial charge in [-0.05, 0) is 35.0 Å². The van der Waals surface area contributed by atoms with Crippen molar-refractivity contribution in [1.29, 1.82) is 0 Å². The number of hydrogen-bond acceptors (Lipinski definition) is 6. The van der Waals surface area contributed by atoms with E-state index in [9.17, 15) is 0 Å². The Bertz CT molecular complexity index is 435. The molecule has 2 rings (SSSR count). The molecule has 0 atom stereocenters. The van der Waals surface area contributed by atoms with Crippen LogP contribution in [0.25, 0.3) is 0 Å². The van der Waals surface area contributed by atoms with E-state index in [1.165, 1.54) is 0 Å². The van der Waals surface area contributed by atoms with Crippen LogP contribution < -0.4 is 5.43 Å². The van der Waals surface area contributed by atoms with Crippen molar-refractivity contribution in [2.45, 2.75) is 0 Å². The van der Waals surface area contributed by atoms with Crippen molar-refractivity contribution in [3.63, 3.8) is 0 Å². The van der Waals surface area contributed by atoms with E-state index in [-0.39, 0.29) is 5.75 Å². The van der Waals surface area contributed by atoms with Gasteiger partial charge in [-0.25, -0.2) is 5.43 Å². The van der Waals surface area contributed by atoms with Gasteiger partial charge in [0.25, 0.3) is 5.95 Å². The number of rotatable bonds is 3. The molecule has 0 aliphatic heterocycles. The number of aromatic nitrogens is 4. The van der Waals surface area contributed by atoms with Gasteiger partial charge in [-0.15, -0.1) is 5.10 Å². The van der Waals surface area contributed by atoms with E-state index in [1.807, 2.05) is 0 Å². The second-order valence-corrected chi connectivity index (χ2v) is 2.70. The van der Waals surface area contributed by atoms with Crippen LogP contribution in [0.3, 0.4) is 0 Å². The molecule has 0 saturated heterocycles. The predicted octanol–water partition coefficient (Wildman–Crippen LogP) is 0.351. The van der Waals surface area contributed by atoms with Gasteiger partial charge in [0.15, 0.2) is 0 Å². The zero-order valence-electron chi connectivity index (χ0n) is 7.62. The Morgan fingerprint density at radius 2 is 2.13 bits per heavy atom. The summed E-state index contributed by atoms with van der Waals surface area (Å²) in [5.41, 5.74) is 3.43. The van der Waals surface area contributed by atoms with E-state index >= 15 is 0 Å². The first-order valence-electron chi connectivity index (χ1n) is 4.16. The number of benzene rings is 1. The van der Waals surface area contributed by atoms with Crippen molar-refractivity contribution in [3.05, 3.63) is 29.8 Å². The molecule has 7 nitrogen and oxygen atoms in total. The Balaban J connectivity index is 1.97. The average Bonchev–Trinajstić information content (AvgIpc) is 2.74. The highest BCUT2D eigenvalue weighted by Gasteiger charge is 1.92. The van der Waals surface area contributed by atoms with Crippen LogP contribution in [0.4, 0.5) is 5.95 Å². The van der Waals surface area contributed by atoms with Crippen LogP contribution in [0, 0.1) is 0 Å². The molecule has 7 heteroatoms. The monoisotopic (exact) mass is 204 g/mol. The van der Waals surface area contributed by atoms with Gasteiger partial charge in [0.05, 0.1) is 6.21 Å². The molecular formula is C8H8N6O. The minimum absolute atomic E-state index is 0.221. The van der Waals surface area contributed by atoms with Crippen LogP contribution >= 0.6 is 0 Å². The van der Waals surface area contributed by atoms with E-state index < -0.39 is 0 Å². The minimum atomic E-state index is 0.221. The highest BCUT2D eigenvalue weighted by molar-refractivity contribution is 5.80. The van der Waals surface area contributed by atoms with Crippen LogP contribution in [-0.4, -0.2) is 31.9 Å². The van der Waals surface area contributed by atoms with Gasteiger partial charge < -0.3 is 5.11 Å². The number of nitrogens with one attached hydrogen (secondary N) is 2. The maximum absolute atomic E-state index is 9.04. The van der Waals surface area contributed by atoms with Gasteiger partial charge in [-0.2, -0.15) is 10.3 Å². The zero-order valence-corrected chi connectivity index (χ0v) is 7.62. The Morgan fingerprint density at radius 3 is 2.80 bits per heavy atom. The zero-order chi connectivity index (χ0) is 10.5. The first kappa shape index (κ1) is 9.13. The summed E-state index contributed by atoms with van der Waals surface area (Å²) in [6.45, 7) is 0. The fourth-order valence-electron chi connectivity index (χ4n) is 0.934. The second kappa shape index (κ2) is 4.18. The number of tetrazole rings is 1. The molecule has 1 aromatic heterocycles. The van der Waals surface area contributed by atoms with Gasteiger partial charge in [0.2, 0.25) is 0 Å². The van der Waals surface area contributed by atoms with Gasteiger partial charge in [-0.3, -0.25) is 0 Å². The summed E-state index contributed by atoms with van der Waals surface area (Å²) in [6, 6.07) is 6.62. The molecule has 1 aromatic carbocycles. The van der Waals surface area contributed by atoms with E-state index in [4.69, 9.17) is 5.11 Å². The summed E-state index contributed by atoms with van der Waals surface area (Å²) in [7, 11) is 0. The molecule has 0 radical (unpaired) electrons. The van der Waals surface area contributed by atoms with Crippen molar-refractivity contribution >= 4 is 12.2 Å². The number of aromatic amines is 1. The van der Waals surface area contributed by atoms with Crippen molar-refractivity contribution < 1.29 is 5.11 Å². The number of hydrogen-bond donors (Lipinski definition) is 3. The van der Waals surface area contributed by atoms with Crippen molar-refractivity contribution in [2.24, 2.45) is 5.10 Å². The van der Waals surface area contributed by atoms with Crippen molar-refractivity contribution in [2.75, 3.05) is 5.43 Å². The van der Waals surface area contributed by atoms with Gasteiger partial charge in [0, 0.05) is 0 Å². The Labute approximate surface area is 84.8 Å². The molecule has 0 unspecified atom stereocenters. The normalized spacial score (nSPS) is 10.7. The SMILES string of the molecule is Oc1ccc(C=NNc2nn[nH]n2)cc1. The van der Waals surface area contributed by atoms with Gasteiger partial charge in [-0.1, -0.05) is 5.10 Å². The molecule has 0 fully saturated rings. The lowest BCUT2D eigenvalue weighted by atomic mass is 10.2. The van der Waals surface area contributed by atoms with E-state index in [0.29, 0.717) is 5.95 Å². The van der Waals surface area contributed by atoms with Crippen molar-refractivity contribution in [3.8, 4) is 5.75 Å². The first-order valence-corrected chi connectivity index (χ1v) is 4.16. The smallest absolute Gasteiger partial charge is 0.283 e. The summed E-state index contributed by atoms with van der Waals surface area (Å²) < 4.78 is 0. The van der Waals surface area contributed by atoms with E-state index in [2.05, 4.69) is 31.2 Å². The summed E-state index contributed by atoms with van der Waals surface area (Å²) >= 11 is 0. The average molecular weight is 204 g/mol. The summed E-state index contributed by atoms with van der Waals surface area (Å²) in [5.74, 6) is 0.517. The molecule has 0 spiro atoms. The number of nitrogens with zero attached hydrogens (tertiary/aromatic N) is 4. The summed E-state index contributed by atoms with van der Waals surface area (Å²) in [5, 5.41) is 25.9. The molecule has 0 aliphatic rings. The fourth-order valence-corrected chi connectivity index (χ4v) is 0.934. The predicted molar refractivity (Wildman–Crippen MR) is 53.5 cm³/mol. The highest BCUT2D eigenvalue weighted by Crippen LogP contribution is 2.07. The first-order chi connectivity index (χ1) is 7.34. The molecular weight excluding hydrogens is 196 g/mol. The molecule has 15 heavy (non-hydrogen) atoms. The highest BCUT2D eigenvalue weighted by atomic mass is 16.3. The standard InChI is InChI=1S/C8H8N6O/c15-7-3-1-6(2-4-7)5-9-10-8-11-13-14-12-8/h1-5,15H,(H2,10,11,12,13,14). The molecule has 0 aliphatic carbocycles. The van der Waals surface area contributed by atoms with Crippen LogP contribution in [0.2, 0.25) is 0 Å². The molecule has 0 bridgehead atoms. The molecule has 1 heterocycles. The lowest BCUT2D eigenvalue weighted by molar-refractivity contribution is 0.475. The number of anilines is 1. The number of aromatic hydroxyl groups is 1. The minimum Gasteiger partial charge on any atom is -0.508 e. The van der Waals surface area contributed by atoms with Crippen LogP contribution in [-0.2, 0) is 0 Å². The quantitative estimate of drug-likeness (QED) is 0.495. The largest absolute Gasteiger partial charge is 0.508 e. The lowest BCUT2D eigenvalue weighted by Crippen LogP contribution is -1.92. The number of phenolic OH excluding ortho intramolecular Hbond substituents is 1. The topological polar surface area (TPSA) is 99.1 Å². The van der Waals surface area contributed by atoms with Crippen molar-refractivity contribution in [1.82, 2.24) is 20.6 Å². The Hall–Kier alpha value is -2.44. The lowest BCUT2D eigenvalue weighted by Gasteiger charge is -1.93. The third-order valence-electron chi connectivity index (χ3n) is 1.62. The van der Waals surface area contributed by atoms with Crippen LogP contribution in [0.15, 0.2) is 29.4 Å². The number of H-pyrrole nitrogens is 1. The summed E-state index contributed by atoms with van der Waals surface area (Å²) in [4.78, 5) is 0. The Morgan fingerprint density at radius 1 is 1.33 bits per heavy atom. The van der Waals surface area contributed by atoms with E-state index in [1.54, 1.807) is 30.5 Å². The molecule has 0 amide bonds. The molecule has 3 N–H and O–H groups in total. The number of phenols is 1. The third kappa shape index (κ3) is 2.50. The third-order valence-corrected chi connectivity index (χ3v) is 1.62. The van der Waals surface area contributed by atoms with Crippen LogP contribution in [0.1, 0.15) is 5.56 Å². The Kier molecular flexibility index (Phi) is 2.54.